The summed E-state index contributed by atoms with van der Waals surface area (Å²) in [6, 6.07) is 0. The van der Waals surface area contributed by atoms with Gasteiger partial charge in [0.1, 0.15) is 13.2 Å². The van der Waals surface area contributed by atoms with E-state index < -0.39 is 6.10 Å². The van der Waals surface area contributed by atoms with Crippen LogP contribution in [0.25, 0.3) is 0 Å². The SMILES string of the molecule is CC\C=C/C=C\C=C/C=C\C=C\C=C/C=C\CCCCCC(=O)OCC(COC(=O)CCCCC/C=C\CCCCCCCC)OC(=O)CCCCCCC\C=C/C=C\C=C/C=C\CCCCC. The fourth-order valence-electron chi connectivity index (χ4n) is 6.78. The second-order valence-corrected chi connectivity index (χ2v) is 17.3. The number of allylic oxidation sites excluding steroid dienone is 24. The van der Waals surface area contributed by atoms with Crippen molar-refractivity contribution in [2.24, 2.45) is 0 Å². The van der Waals surface area contributed by atoms with Crippen molar-refractivity contribution in [2.45, 2.75) is 213 Å². The number of ether oxygens (including phenoxy) is 3. The maximum Gasteiger partial charge on any atom is 0.306 e. The molecule has 0 rings (SSSR count). The monoisotopic (exact) mass is 937 g/mol. The van der Waals surface area contributed by atoms with E-state index in [2.05, 4.69) is 93.7 Å². The van der Waals surface area contributed by atoms with Gasteiger partial charge in [-0.3, -0.25) is 14.4 Å². The maximum absolute atomic E-state index is 12.8. The van der Waals surface area contributed by atoms with Gasteiger partial charge in [0.05, 0.1) is 0 Å². The van der Waals surface area contributed by atoms with E-state index in [1.165, 1.54) is 57.8 Å². The van der Waals surface area contributed by atoms with Crippen LogP contribution in [0.1, 0.15) is 207 Å². The number of rotatable bonds is 46. The van der Waals surface area contributed by atoms with Crippen molar-refractivity contribution in [2.75, 3.05) is 13.2 Å². The third kappa shape index (κ3) is 52.3. The van der Waals surface area contributed by atoms with Gasteiger partial charge in [0, 0.05) is 19.3 Å². The van der Waals surface area contributed by atoms with Crippen LogP contribution in [0.2, 0.25) is 0 Å². The van der Waals surface area contributed by atoms with Crippen molar-refractivity contribution in [3.05, 3.63) is 146 Å². The quantitative estimate of drug-likeness (QED) is 0.0199. The smallest absolute Gasteiger partial charge is 0.306 e. The first-order chi connectivity index (χ1) is 33.5. The first-order valence-electron chi connectivity index (χ1n) is 27.0. The van der Waals surface area contributed by atoms with Crippen LogP contribution in [0.4, 0.5) is 0 Å². The van der Waals surface area contributed by atoms with Gasteiger partial charge in [0.25, 0.3) is 0 Å². The van der Waals surface area contributed by atoms with E-state index >= 15 is 0 Å². The molecular weight excluding hydrogens is 841 g/mol. The molecule has 380 valence electrons. The fraction of sp³-hybridized carbons (Fsp3) is 0.565. The lowest BCUT2D eigenvalue weighted by atomic mass is 10.1. The molecule has 0 amide bonds. The molecule has 0 heterocycles. The summed E-state index contributed by atoms with van der Waals surface area (Å²) >= 11 is 0. The van der Waals surface area contributed by atoms with E-state index in [-0.39, 0.29) is 37.5 Å². The van der Waals surface area contributed by atoms with Crippen molar-refractivity contribution in [3.8, 4) is 0 Å². The molecule has 0 aliphatic carbocycles. The van der Waals surface area contributed by atoms with Crippen LogP contribution in [0, 0.1) is 0 Å². The van der Waals surface area contributed by atoms with Crippen LogP contribution in [-0.2, 0) is 28.6 Å². The summed E-state index contributed by atoms with van der Waals surface area (Å²) in [4.78, 5) is 38.1. The van der Waals surface area contributed by atoms with Crippen LogP contribution in [0.5, 0.6) is 0 Å². The highest BCUT2D eigenvalue weighted by atomic mass is 16.6. The van der Waals surface area contributed by atoms with Crippen LogP contribution in [0.15, 0.2) is 146 Å². The number of esters is 3. The van der Waals surface area contributed by atoms with Crippen molar-refractivity contribution in [3.63, 3.8) is 0 Å². The van der Waals surface area contributed by atoms with Crippen molar-refractivity contribution in [1.82, 2.24) is 0 Å². The van der Waals surface area contributed by atoms with Crippen molar-refractivity contribution >= 4 is 17.9 Å². The number of unbranched alkanes of at least 4 members (excludes halogenated alkanes) is 20. The molecule has 0 spiro atoms. The van der Waals surface area contributed by atoms with Gasteiger partial charge < -0.3 is 14.2 Å². The minimum atomic E-state index is -0.822. The van der Waals surface area contributed by atoms with Gasteiger partial charge in [-0.15, -0.1) is 0 Å². The van der Waals surface area contributed by atoms with Gasteiger partial charge in [0.2, 0.25) is 0 Å². The average molecular weight is 937 g/mol. The van der Waals surface area contributed by atoms with Crippen LogP contribution >= 0.6 is 0 Å². The molecule has 6 heteroatoms. The topological polar surface area (TPSA) is 78.9 Å². The zero-order valence-corrected chi connectivity index (χ0v) is 43.3. The van der Waals surface area contributed by atoms with E-state index in [0.29, 0.717) is 19.3 Å². The predicted molar refractivity (Wildman–Crippen MR) is 292 cm³/mol. The second kappa shape index (κ2) is 54.9. The number of carbonyl (C=O) groups excluding carboxylic acids is 3. The summed E-state index contributed by atoms with van der Waals surface area (Å²) in [6.07, 6.45) is 78.2. The summed E-state index contributed by atoms with van der Waals surface area (Å²) in [5.74, 6) is -1.01. The number of hydrogen-bond donors (Lipinski definition) is 0. The lowest BCUT2D eigenvalue weighted by molar-refractivity contribution is -0.167. The molecule has 0 aliphatic heterocycles. The van der Waals surface area contributed by atoms with Gasteiger partial charge in [-0.2, -0.15) is 0 Å². The molecule has 1 atom stereocenters. The normalized spacial score (nSPS) is 13.3. The van der Waals surface area contributed by atoms with Gasteiger partial charge in [0.15, 0.2) is 6.10 Å². The summed E-state index contributed by atoms with van der Waals surface area (Å²) in [7, 11) is 0. The highest BCUT2D eigenvalue weighted by molar-refractivity contribution is 5.71. The predicted octanol–water partition coefficient (Wildman–Crippen LogP) is 18.0. The molecular formula is C62H96O6. The lowest BCUT2D eigenvalue weighted by Gasteiger charge is -2.18. The van der Waals surface area contributed by atoms with Crippen molar-refractivity contribution in [1.29, 1.82) is 0 Å². The summed E-state index contributed by atoms with van der Waals surface area (Å²) in [6.45, 7) is 6.35. The third-order valence-corrected chi connectivity index (χ3v) is 10.8. The summed E-state index contributed by atoms with van der Waals surface area (Å²) < 4.78 is 16.8. The Morgan fingerprint density at radius 2 is 0.588 bits per heavy atom. The molecule has 0 aromatic carbocycles. The zero-order valence-electron chi connectivity index (χ0n) is 43.3. The lowest BCUT2D eigenvalue weighted by Crippen LogP contribution is -2.30. The maximum atomic E-state index is 12.8. The minimum absolute atomic E-state index is 0.117. The van der Waals surface area contributed by atoms with E-state index in [0.717, 1.165) is 103 Å². The Balaban J connectivity index is 4.60. The third-order valence-electron chi connectivity index (χ3n) is 10.8. The molecule has 0 aromatic heterocycles. The van der Waals surface area contributed by atoms with Gasteiger partial charge in [-0.05, 0) is 89.9 Å². The first kappa shape index (κ1) is 63.3. The molecule has 0 fully saturated rings. The zero-order chi connectivity index (χ0) is 49.3. The molecule has 68 heavy (non-hydrogen) atoms. The van der Waals surface area contributed by atoms with Crippen LogP contribution < -0.4 is 0 Å². The van der Waals surface area contributed by atoms with Gasteiger partial charge in [-0.1, -0.05) is 244 Å². The molecule has 0 saturated heterocycles. The minimum Gasteiger partial charge on any atom is -0.462 e. The van der Waals surface area contributed by atoms with Crippen LogP contribution in [0.3, 0.4) is 0 Å². The largest absolute Gasteiger partial charge is 0.462 e. The number of hydrogen-bond acceptors (Lipinski definition) is 6. The Morgan fingerprint density at radius 1 is 0.309 bits per heavy atom. The Bertz CT molecular complexity index is 1540. The molecule has 0 bridgehead atoms. The molecule has 6 nitrogen and oxygen atoms in total. The standard InChI is InChI=1S/C62H96O6/c1-4-7-10-13-16-19-22-25-27-29-31-33-34-37-40-43-46-49-52-55-61(64)67-58-59(57-66-60(63)54-51-48-45-42-39-36-24-21-18-15-12-9-6-3)68-62(65)56-53-50-47-44-41-38-35-32-30-28-26-23-20-17-14-11-8-5-2/h7,10,13,16-17,19-20,22-23,25-37,39-40,59H,4-6,8-9,11-12,14-15,18,21,24,38,41-58H2,1-3H3/b10-7-,16-13-,20-17-,22-19-,26-23-,27-25-,30-28-,31-29+,34-33-,35-32-,39-36-,40-37-. The Kier molecular flexibility index (Phi) is 51.1. The van der Waals surface area contributed by atoms with Gasteiger partial charge >= 0.3 is 17.9 Å². The average Bonchev–Trinajstić information content (AvgIpc) is 3.34. The second-order valence-electron chi connectivity index (χ2n) is 17.3. The van der Waals surface area contributed by atoms with E-state index in [1.54, 1.807) is 0 Å². The van der Waals surface area contributed by atoms with E-state index in [4.69, 9.17) is 14.2 Å². The van der Waals surface area contributed by atoms with Gasteiger partial charge in [-0.25, -0.2) is 0 Å². The first-order valence-corrected chi connectivity index (χ1v) is 27.0. The summed E-state index contributed by atoms with van der Waals surface area (Å²) in [5.41, 5.74) is 0. The molecule has 0 N–H and O–H groups in total. The van der Waals surface area contributed by atoms with Crippen LogP contribution in [-0.4, -0.2) is 37.2 Å². The Hall–Kier alpha value is -4.71. The molecule has 0 aliphatic rings. The molecule has 0 radical (unpaired) electrons. The Labute approximate surface area is 417 Å². The molecule has 0 aromatic rings. The fourth-order valence-corrected chi connectivity index (χ4v) is 6.78. The van der Waals surface area contributed by atoms with Crippen molar-refractivity contribution < 1.29 is 28.6 Å². The van der Waals surface area contributed by atoms with E-state index in [9.17, 15) is 14.4 Å². The van der Waals surface area contributed by atoms with E-state index in [1.807, 2.05) is 72.9 Å². The highest BCUT2D eigenvalue weighted by Gasteiger charge is 2.19. The molecule has 0 saturated carbocycles. The number of carbonyl (C=O) groups is 3. The summed E-state index contributed by atoms with van der Waals surface area (Å²) in [5, 5.41) is 0. The highest BCUT2D eigenvalue weighted by Crippen LogP contribution is 2.12. The molecule has 1 unspecified atom stereocenters. The Morgan fingerprint density at radius 3 is 0.985 bits per heavy atom.